The Morgan fingerprint density at radius 2 is 1.61 bits per heavy atom. The Morgan fingerprint density at radius 3 is 2.30 bits per heavy atom. The Kier molecular flexibility index (Phi) is 6.02. The van der Waals surface area contributed by atoms with E-state index in [-0.39, 0.29) is 12.0 Å². The molecule has 1 aliphatic heterocycles. The quantitative estimate of drug-likeness (QED) is 0.640. The molecule has 1 unspecified atom stereocenters. The maximum atomic E-state index is 13.4. The first-order valence-corrected chi connectivity index (χ1v) is 10.3. The molecule has 3 aromatic rings. The molecule has 0 fully saturated rings. The Balaban J connectivity index is 1.60. The van der Waals surface area contributed by atoms with Crippen molar-refractivity contribution in [3.05, 3.63) is 89.5 Å². The van der Waals surface area contributed by atoms with Crippen LogP contribution in [0.25, 0.3) is 11.1 Å². The third-order valence-corrected chi connectivity index (χ3v) is 5.47. The van der Waals surface area contributed by atoms with Crippen LogP contribution in [0, 0.1) is 11.6 Å². The van der Waals surface area contributed by atoms with Crippen LogP contribution in [0.1, 0.15) is 24.1 Å². The number of para-hydroxylation sites is 1. The van der Waals surface area contributed by atoms with Crippen molar-refractivity contribution in [2.24, 2.45) is 5.73 Å². The van der Waals surface area contributed by atoms with Crippen molar-refractivity contribution in [1.82, 2.24) is 5.32 Å². The van der Waals surface area contributed by atoms with Gasteiger partial charge in [-0.1, -0.05) is 42.5 Å². The summed E-state index contributed by atoms with van der Waals surface area (Å²) in [5.74, 6) is -3.52. The van der Waals surface area contributed by atoms with Crippen molar-refractivity contribution < 1.29 is 23.2 Å². The minimum absolute atomic E-state index is 0.123. The summed E-state index contributed by atoms with van der Waals surface area (Å²) in [6.45, 7) is 1.44. The van der Waals surface area contributed by atoms with Gasteiger partial charge in [-0.25, -0.2) is 13.7 Å². The molecule has 1 aliphatic rings. The number of hydrogen-bond donors (Lipinski definition) is 2. The Hall–Kier alpha value is -3.91. The lowest BCUT2D eigenvalue weighted by Gasteiger charge is -2.26. The molecule has 6 nitrogen and oxygen atoms in total. The minimum Gasteiger partial charge on any atom is -0.344 e. The van der Waals surface area contributed by atoms with Gasteiger partial charge in [0.15, 0.2) is 0 Å². The molecule has 0 spiro atoms. The van der Waals surface area contributed by atoms with E-state index in [1.165, 1.54) is 6.92 Å². The third kappa shape index (κ3) is 4.38. The number of benzene rings is 3. The third-order valence-electron chi connectivity index (χ3n) is 5.47. The van der Waals surface area contributed by atoms with Crippen molar-refractivity contribution in [2.45, 2.75) is 25.4 Å². The van der Waals surface area contributed by atoms with Crippen molar-refractivity contribution in [3.63, 3.8) is 0 Å². The van der Waals surface area contributed by atoms with E-state index >= 15 is 0 Å². The van der Waals surface area contributed by atoms with Gasteiger partial charge in [0.1, 0.15) is 23.7 Å². The lowest BCUT2D eigenvalue weighted by atomic mass is 9.96. The van der Waals surface area contributed by atoms with E-state index in [2.05, 4.69) is 5.32 Å². The van der Waals surface area contributed by atoms with Crippen LogP contribution in [0.3, 0.4) is 0 Å². The molecule has 2 atom stereocenters. The molecule has 0 radical (unpaired) electrons. The van der Waals surface area contributed by atoms with E-state index in [0.29, 0.717) is 22.9 Å². The number of nitrogens with two attached hydrogens (primary N) is 1. The number of carbonyl (C=O) groups is 3. The zero-order valence-electron chi connectivity index (χ0n) is 17.7. The number of imide groups is 1. The van der Waals surface area contributed by atoms with Crippen LogP contribution in [0.5, 0.6) is 0 Å². The number of hydrogen-bond acceptors (Lipinski definition) is 4. The molecule has 0 saturated heterocycles. The summed E-state index contributed by atoms with van der Waals surface area (Å²) >= 11 is 0. The fourth-order valence-electron chi connectivity index (χ4n) is 3.97. The standard InChI is InChI=1S/C25H21F2N3O3/c1-14(29-22(31)12-15-10-16(26)13-17(27)11-15)24(32)30-21-9-5-4-7-19(21)18-6-2-3-8-20(18)23(28)25(30)33/h2-11,13-14,23H,12,28H2,1H3,(H,29,31)/t14-,23?/m0/s1. The fourth-order valence-corrected chi connectivity index (χ4v) is 3.97. The number of amides is 3. The molecule has 4 rings (SSSR count). The number of halogens is 2. The van der Waals surface area contributed by atoms with E-state index in [0.717, 1.165) is 22.6 Å². The highest BCUT2D eigenvalue weighted by Crippen LogP contribution is 2.39. The summed E-state index contributed by atoms with van der Waals surface area (Å²) < 4.78 is 26.8. The highest BCUT2D eigenvalue weighted by Gasteiger charge is 2.37. The van der Waals surface area contributed by atoms with Gasteiger partial charge in [0.05, 0.1) is 12.1 Å². The number of nitrogens with zero attached hydrogens (tertiary/aromatic N) is 1. The number of carbonyl (C=O) groups excluding carboxylic acids is 3. The van der Waals surface area contributed by atoms with Crippen molar-refractivity contribution in [2.75, 3.05) is 4.90 Å². The zero-order chi connectivity index (χ0) is 23.7. The van der Waals surface area contributed by atoms with Crippen LogP contribution in [0.4, 0.5) is 14.5 Å². The first kappa shape index (κ1) is 22.3. The molecule has 33 heavy (non-hydrogen) atoms. The molecule has 0 bridgehead atoms. The van der Waals surface area contributed by atoms with Crippen molar-refractivity contribution in [1.29, 1.82) is 0 Å². The van der Waals surface area contributed by atoms with Crippen LogP contribution in [0.15, 0.2) is 66.7 Å². The van der Waals surface area contributed by atoms with Gasteiger partial charge in [0.25, 0.3) is 11.8 Å². The van der Waals surface area contributed by atoms with E-state index in [1.54, 1.807) is 36.4 Å². The largest absolute Gasteiger partial charge is 0.344 e. The average Bonchev–Trinajstić information content (AvgIpc) is 2.86. The molecule has 0 aliphatic carbocycles. The normalized spacial score (nSPS) is 15.8. The Labute approximate surface area is 189 Å². The smallest absolute Gasteiger partial charge is 0.256 e. The molecule has 1 heterocycles. The number of nitrogens with one attached hydrogen (secondary N) is 1. The van der Waals surface area contributed by atoms with Gasteiger partial charge in [-0.2, -0.15) is 0 Å². The van der Waals surface area contributed by atoms with Gasteiger partial charge in [0, 0.05) is 11.6 Å². The van der Waals surface area contributed by atoms with Gasteiger partial charge >= 0.3 is 0 Å². The van der Waals surface area contributed by atoms with Crippen LogP contribution < -0.4 is 16.0 Å². The molecule has 0 saturated carbocycles. The molecule has 8 heteroatoms. The highest BCUT2D eigenvalue weighted by molar-refractivity contribution is 6.21. The maximum Gasteiger partial charge on any atom is 0.256 e. The molecule has 3 amide bonds. The molecule has 3 N–H and O–H groups in total. The zero-order valence-corrected chi connectivity index (χ0v) is 17.7. The van der Waals surface area contributed by atoms with Crippen LogP contribution in [0.2, 0.25) is 0 Å². The first-order chi connectivity index (χ1) is 15.8. The summed E-state index contributed by atoms with van der Waals surface area (Å²) in [7, 11) is 0. The van der Waals surface area contributed by atoms with E-state index in [4.69, 9.17) is 5.73 Å². The van der Waals surface area contributed by atoms with Gasteiger partial charge in [0.2, 0.25) is 5.91 Å². The lowest BCUT2D eigenvalue weighted by molar-refractivity contribution is -0.131. The maximum absolute atomic E-state index is 13.4. The SMILES string of the molecule is C[C@H](NC(=O)Cc1cc(F)cc(F)c1)C(=O)N1C(=O)C(N)c2ccccc2-c2ccccc21. The second-order valence-corrected chi connectivity index (χ2v) is 7.84. The van der Waals surface area contributed by atoms with Crippen molar-refractivity contribution in [3.8, 4) is 11.1 Å². The van der Waals surface area contributed by atoms with Gasteiger partial charge in [-0.3, -0.25) is 14.4 Å². The van der Waals surface area contributed by atoms with E-state index < -0.39 is 41.4 Å². The summed E-state index contributed by atoms with van der Waals surface area (Å²) in [5, 5.41) is 2.50. The van der Waals surface area contributed by atoms with E-state index in [9.17, 15) is 23.2 Å². The summed E-state index contributed by atoms with van der Waals surface area (Å²) in [6.07, 6.45) is -0.332. The van der Waals surface area contributed by atoms with E-state index in [1.807, 2.05) is 12.1 Å². The second-order valence-electron chi connectivity index (χ2n) is 7.84. The Bertz CT molecular complexity index is 1240. The Morgan fingerprint density at radius 1 is 1.00 bits per heavy atom. The van der Waals surface area contributed by atoms with Gasteiger partial charge < -0.3 is 11.1 Å². The topological polar surface area (TPSA) is 92.5 Å². The molecule has 0 aromatic heterocycles. The number of anilines is 1. The fraction of sp³-hybridized carbons (Fsp3) is 0.160. The van der Waals surface area contributed by atoms with Crippen LogP contribution in [-0.2, 0) is 20.8 Å². The predicted molar refractivity (Wildman–Crippen MR) is 119 cm³/mol. The second kappa shape index (κ2) is 8.91. The minimum atomic E-state index is -1.10. The molecular formula is C25H21F2N3O3. The summed E-state index contributed by atoms with van der Waals surface area (Å²) in [6, 6.07) is 14.7. The first-order valence-electron chi connectivity index (χ1n) is 10.3. The average molecular weight is 449 g/mol. The van der Waals surface area contributed by atoms with Crippen LogP contribution in [-0.4, -0.2) is 23.8 Å². The van der Waals surface area contributed by atoms with Gasteiger partial charge in [-0.05, 0) is 41.8 Å². The summed E-state index contributed by atoms with van der Waals surface area (Å²) in [5.41, 5.74) is 8.71. The van der Waals surface area contributed by atoms with Gasteiger partial charge in [-0.15, -0.1) is 0 Å². The van der Waals surface area contributed by atoms with Crippen LogP contribution >= 0.6 is 0 Å². The van der Waals surface area contributed by atoms with Crippen molar-refractivity contribution >= 4 is 23.4 Å². The molecule has 3 aromatic carbocycles. The highest BCUT2D eigenvalue weighted by atomic mass is 19.1. The molecule has 168 valence electrons. The summed E-state index contributed by atoms with van der Waals surface area (Å²) in [4.78, 5) is 40.0. The number of fused-ring (bicyclic) bond motifs is 3. The lowest BCUT2D eigenvalue weighted by Crippen LogP contribution is -2.51. The monoisotopic (exact) mass is 449 g/mol. The number of rotatable bonds is 4. The predicted octanol–water partition coefficient (Wildman–Crippen LogP) is 3.25. The molecular weight excluding hydrogens is 428 g/mol.